The normalized spacial score (nSPS) is 14.2. The number of allylic oxidation sites excluding steroid dienone is 1. The lowest BCUT2D eigenvalue weighted by Gasteiger charge is -2.40. The van der Waals surface area contributed by atoms with E-state index in [1.165, 1.54) is 66.4 Å². The summed E-state index contributed by atoms with van der Waals surface area (Å²) in [5, 5.41) is 2.59. The lowest BCUT2D eigenvalue weighted by atomic mass is 9.61. The molecule has 0 atom stereocenters. The van der Waals surface area contributed by atoms with E-state index in [4.69, 9.17) is 9.97 Å². The van der Waals surface area contributed by atoms with Crippen molar-refractivity contribution < 1.29 is 0 Å². The predicted molar refractivity (Wildman–Crippen MR) is 209 cm³/mol. The van der Waals surface area contributed by atoms with Crippen LogP contribution in [0.5, 0.6) is 0 Å². The second-order valence-corrected chi connectivity index (χ2v) is 14.1. The fourth-order valence-electron chi connectivity index (χ4n) is 9.21. The molecule has 1 heterocycles. The summed E-state index contributed by atoms with van der Waals surface area (Å²) in [6.07, 6.45) is 6.39. The predicted octanol–water partition coefficient (Wildman–Crippen LogP) is 11.5. The van der Waals surface area contributed by atoms with E-state index >= 15 is 0 Å². The minimum absolute atomic E-state index is 0.432. The third kappa shape index (κ3) is 4.11. The SMILES string of the molecule is C1=Cc2cc(-c3cc(-c4ccccc4)nc(-c4ccc5c(c4)C4(c6ccccc6C5)c5ccccc5-c5ccccc54)n3)cc3cccc(c23)C1. The van der Waals surface area contributed by atoms with Gasteiger partial charge in [-0.25, -0.2) is 9.97 Å². The van der Waals surface area contributed by atoms with Gasteiger partial charge < -0.3 is 0 Å². The van der Waals surface area contributed by atoms with Crippen LogP contribution in [0, 0.1) is 0 Å². The number of aromatic nitrogens is 2. The fourth-order valence-corrected chi connectivity index (χ4v) is 9.21. The van der Waals surface area contributed by atoms with Gasteiger partial charge in [0.2, 0.25) is 0 Å². The van der Waals surface area contributed by atoms with Gasteiger partial charge in [0.15, 0.2) is 5.82 Å². The Kier molecular flexibility index (Phi) is 6.03. The van der Waals surface area contributed by atoms with E-state index in [9.17, 15) is 0 Å². The van der Waals surface area contributed by atoms with E-state index in [-0.39, 0.29) is 0 Å². The largest absolute Gasteiger partial charge is 0.228 e. The Bertz CT molecular complexity index is 2710. The van der Waals surface area contributed by atoms with Gasteiger partial charge in [-0.15, -0.1) is 0 Å². The first-order valence-electron chi connectivity index (χ1n) is 17.8. The highest BCUT2D eigenvalue weighted by molar-refractivity contribution is 5.98. The van der Waals surface area contributed by atoms with Crippen molar-refractivity contribution in [1.29, 1.82) is 0 Å². The molecule has 0 unspecified atom stereocenters. The first-order valence-corrected chi connectivity index (χ1v) is 17.8. The van der Waals surface area contributed by atoms with Gasteiger partial charge in [0, 0.05) is 16.7 Å². The molecule has 7 aromatic carbocycles. The van der Waals surface area contributed by atoms with Crippen LogP contribution in [0.1, 0.15) is 44.5 Å². The van der Waals surface area contributed by atoms with Crippen molar-refractivity contribution in [3.8, 4) is 45.0 Å². The third-order valence-corrected chi connectivity index (χ3v) is 11.3. The summed E-state index contributed by atoms with van der Waals surface area (Å²) in [4.78, 5) is 10.7. The molecule has 0 saturated heterocycles. The first kappa shape index (κ1) is 28.5. The molecule has 2 nitrogen and oxygen atoms in total. The molecule has 0 N–H and O–H groups in total. The fraction of sp³-hybridized carbons (Fsp3) is 0.0612. The quantitative estimate of drug-likeness (QED) is 0.191. The second-order valence-electron chi connectivity index (χ2n) is 14.1. The minimum Gasteiger partial charge on any atom is -0.228 e. The summed E-state index contributed by atoms with van der Waals surface area (Å²) in [5.41, 5.74) is 18.0. The summed E-state index contributed by atoms with van der Waals surface area (Å²) in [7, 11) is 0. The van der Waals surface area contributed by atoms with E-state index in [0.717, 1.165) is 46.7 Å². The number of hydrogen-bond acceptors (Lipinski definition) is 2. The molecule has 1 spiro atoms. The molecule has 0 bridgehead atoms. The van der Waals surface area contributed by atoms with Crippen LogP contribution in [0.2, 0.25) is 0 Å². The van der Waals surface area contributed by atoms with Crippen LogP contribution in [-0.2, 0) is 18.3 Å². The van der Waals surface area contributed by atoms with Crippen LogP contribution >= 0.6 is 0 Å². The van der Waals surface area contributed by atoms with E-state index < -0.39 is 5.41 Å². The molecule has 238 valence electrons. The van der Waals surface area contributed by atoms with Crippen LogP contribution < -0.4 is 0 Å². The van der Waals surface area contributed by atoms with E-state index in [1.807, 2.05) is 0 Å². The molecule has 11 rings (SSSR count). The molecule has 0 radical (unpaired) electrons. The van der Waals surface area contributed by atoms with Gasteiger partial charge in [0.25, 0.3) is 0 Å². The summed E-state index contributed by atoms with van der Waals surface area (Å²) >= 11 is 0. The minimum atomic E-state index is -0.432. The van der Waals surface area contributed by atoms with Gasteiger partial charge in [0.1, 0.15) is 0 Å². The van der Waals surface area contributed by atoms with E-state index in [0.29, 0.717) is 0 Å². The summed E-state index contributed by atoms with van der Waals surface area (Å²) < 4.78 is 0. The molecule has 0 aliphatic heterocycles. The molecular formula is C49H32N2. The zero-order valence-corrected chi connectivity index (χ0v) is 28.0. The number of hydrogen-bond donors (Lipinski definition) is 0. The highest BCUT2D eigenvalue weighted by atomic mass is 14.9. The van der Waals surface area contributed by atoms with E-state index in [1.54, 1.807) is 0 Å². The molecule has 3 aliphatic carbocycles. The van der Waals surface area contributed by atoms with Crippen molar-refractivity contribution in [3.63, 3.8) is 0 Å². The van der Waals surface area contributed by atoms with Crippen LogP contribution in [0.25, 0.3) is 61.9 Å². The van der Waals surface area contributed by atoms with Crippen molar-refractivity contribution in [1.82, 2.24) is 9.97 Å². The van der Waals surface area contributed by atoms with Crippen LogP contribution in [0.4, 0.5) is 0 Å². The van der Waals surface area contributed by atoms with Gasteiger partial charge in [-0.3, -0.25) is 0 Å². The van der Waals surface area contributed by atoms with Crippen molar-refractivity contribution in [2.24, 2.45) is 0 Å². The lowest BCUT2D eigenvalue weighted by molar-refractivity contribution is 0.722. The topological polar surface area (TPSA) is 25.8 Å². The maximum absolute atomic E-state index is 5.38. The van der Waals surface area contributed by atoms with Crippen LogP contribution in [0.3, 0.4) is 0 Å². The zero-order valence-electron chi connectivity index (χ0n) is 28.0. The number of benzene rings is 7. The molecule has 0 fully saturated rings. The van der Waals surface area contributed by atoms with E-state index in [2.05, 4.69) is 170 Å². The van der Waals surface area contributed by atoms with Crippen molar-refractivity contribution in [3.05, 3.63) is 208 Å². The standard InChI is InChI=1S/C49H32N2/c1-2-12-31(13-3-1)45-30-46(38-27-35-17-10-15-32-16-11-18-36(28-38)47(32)35)51-48(50-45)37-25-24-34-26-33-14-4-7-21-41(33)49(44(34)29-37)42-22-8-5-19-39(42)40-20-6-9-23-43(40)49/h1-15,17-25,27-30H,16,26H2. The van der Waals surface area contributed by atoms with Gasteiger partial charge in [-0.2, -0.15) is 0 Å². The second kappa shape index (κ2) is 10.8. The maximum Gasteiger partial charge on any atom is 0.160 e. The van der Waals surface area contributed by atoms with Gasteiger partial charge in [-0.05, 0) is 104 Å². The van der Waals surface area contributed by atoms with Gasteiger partial charge in [0.05, 0.1) is 16.8 Å². The van der Waals surface area contributed by atoms with Crippen molar-refractivity contribution in [2.75, 3.05) is 0 Å². The van der Waals surface area contributed by atoms with Gasteiger partial charge in [-0.1, -0.05) is 146 Å². The van der Waals surface area contributed by atoms with Crippen molar-refractivity contribution >= 4 is 16.8 Å². The van der Waals surface area contributed by atoms with Gasteiger partial charge >= 0.3 is 0 Å². The Balaban J connectivity index is 1.17. The van der Waals surface area contributed by atoms with Crippen LogP contribution in [-0.4, -0.2) is 9.97 Å². The molecule has 51 heavy (non-hydrogen) atoms. The summed E-state index contributed by atoms with van der Waals surface area (Å²) in [6, 6.07) is 57.9. The zero-order chi connectivity index (χ0) is 33.5. The molecule has 8 aromatic rings. The number of nitrogens with zero attached hydrogens (tertiary/aromatic N) is 2. The molecule has 0 saturated carbocycles. The van der Waals surface area contributed by atoms with Crippen molar-refractivity contribution in [2.45, 2.75) is 18.3 Å². The Morgan fingerprint density at radius 3 is 1.92 bits per heavy atom. The maximum atomic E-state index is 5.38. The third-order valence-electron chi connectivity index (χ3n) is 11.3. The Hall–Kier alpha value is -6.38. The molecular weight excluding hydrogens is 617 g/mol. The lowest BCUT2D eigenvalue weighted by Crippen LogP contribution is -2.34. The number of fused-ring (bicyclic) bond motifs is 9. The summed E-state index contributed by atoms with van der Waals surface area (Å²) in [5.74, 6) is 0.737. The number of rotatable bonds is 3. The molecule has 1 aromatic heterocycles. The average molecular weight is 649 g/mol. The van der Waals surface area contributed by atoms with Crippen LogP contribution in [0.15, 0.2) is 164 Å². The highest BCUT2D eigenvalue weighted by Crippen LogP contribution is 2.59. The Labute approximate surface area is 297 Å². The highest BCUT2D eigenvalue weighted by Gasteiger charge is 2.49. The summed E-state index contributed by atoms with van der Waals surface area (Å²) in [6.45, 7) is 0. The smallest absolute Gasteiger partial charge is 0.160 e. The molecule has 3 aliphatic rings. The monoisotopic (exact) mass is 648 g/mol. The molecule has 2 heteroatoms. The Morgan fingerprint density at radius 1 is 0.451 bits per heavy atom. The molecule has 0 amide bonds. The Morgan fingerprint density at radius 2 is 1.12 bits per heavy atom. The first-order chi connectivity index (χ1) is 25.3. The average Bonchev–Trinajstić information content (AvgIpc) is 3.49.